The van der Waals surface area contributed by atoms with E-state index in [2.05, 4.69) is 60.2 Å². The van der Waals surface area contributed by atoms with E-state index in [1.54, 1.807) is 0 Å². The van der Waals surface area contributed by atoms with Crippen molar-refractivity contribution in [1.29, 1.82) is 0 Å². The van der Waals surface area contributed by atoms with E-state index >= 15 is 0 Å². The Morgan fingerprint density at radius 1 is 0.962 bits per heavy atom. The Morgan fingerprint density at radius 2 is 1.58 bits per heavy atom. The Morgan fingerprint density at radius 3 is 2.15 bits per heavy atom. The van der Waals surface area contributed by atoms with Crippen molar-refractivity contribution < 1.29 is 4.79 Å². The molecule has 2 fully saturated rings. The summed E-state index contributed by atoms with van der Waals surface area (Å²) in [7, 11) is 2.16. The van der Waals surface area contributed by atoms with Gasteiger partial charge in [0.25, 0.3) is 0 Å². The van der Waals surface area contributed by atoms with Gasteiger partial charge in [-0.1, -0.05) is 31.2 Å². The van der Waals surface area contributed by atoms with Gasteiger partial charge in [-0.2, -0.15) is 0 Å². The molecular formula is C23H28N2O. The van der Waals surface area contributed by atoms with E-state index in [1.165, 1.54) is 17.7 Å². The average molecular weight is 348 g/mol. The molecule has 2 aromatic carbocycles. The van der Waals surface area contributed by atoms with Crippen molar-refractivity contribution in [1.82, 2.24) is 4.90 Å². The maximum Gasteiger partial charge on any atom is 0.167 e. The van der Waals surface area contributed by atoms with Crippen LogP contribution in [0.4, 0.5) is 5.69 Å². The van der Waals surface area contributed by atoms with Gasteiger partial charge < -0.3 is 9.80 Å². The molecule has 2 aliphatic rings. The highest BCUT2D eigenvalue weighted by molar-refractivity contribution is 5.97. The third-order valence-corrected chi connectivity index (χ3v) is 5.94. The summed E-state index contributed by atoms with van der Waals surface area (Å²) in [4.78, 5) is 17.4. The molecule has 0 unspecified atom stereocenters. The molecule has 0 amide bonds. The number of nitrogens with zero attached hydrogens (tertiary/aromatic N) is 2. The maximum atomic E-state index is 12.6. The van der Waals surface area contributed by atoms with Gasteiger partial charge in [0.1, 0.15) is 0 Å². The van der Waals surface area contributed by atoms with Crippen molar-refractivity contribution in [3.8, 4) is 0 Å². The van der Waals surface area contributed by atoms with Gasteiger partial charge in [0, 0.05) is 43.9 Å². The summed E-state index contributed by atoms with van der Waals surface area (Å²) in [5, 5.41) is 0. The van der Waals surface area contributed by atoms with Crippen molar-refractivity contribution in [3.63, 3.8) is 0 Å². The molecule has 3 heteroatoms. The van der Waals surface area contributed by atoms with Gasteiger partial charge in [0.2, 0.25) is 0 Å². The molecule has 0 aromatic heterocycles. The number of hydrogen-bond acceptors (Lipinski definition) is 3. The smallest absolute Gasteiger partial charge is 0.167 e. The van der Waals surface area contributed by atoms with Gasteiger partial charge in [-0.15, -0.1) is 0 Å². The van der Waals surface area contributed by atoms with E-state index in [9.17, 15) is 4.79 Å². The van der Waals surface area contributed by atoms with Crippen LogP contribution < -0.4 is 4.90 Å². The lowest BCUT2D eigenvalue weighted by Gasteiger charge is -2.34. The molecule has 4 rings (SSSR count). The molecule has 1 aliphatic heterocycles. The second kappa shape index (κ2) is 7.24. The zero-order chi connectivity index (χ0) is 18.1. The zero-order valence-corrected chi connectivity index (χ0v) is 15.8. The van der Waals surface area contributed by atoms with Crippen LogP contribution in [0.25, 0.3) is 0 Å². The first-order valence-electron chi connectivity index (χ1n) is 9.76. The van der Waals surface area contributed by atoms with Gasteiger partial charge in [0.15, 0.2) is 5.78 Å². The largest absolute Gasteiger partial charge is 0.369 e. The average Bonchev–Trinajstić information content (AvgIpc) is 3.40. The van der Waals surface area contributed by atoms with Crippen LogP contribution in [0.3, 0.4) is 0 Å². The summed E-state index contributed by atoms with van der Waals surface area (Å²) in [6, 6.07) is 16.8. The third-order valence-electron chi connectivity index (χ3n) is 5.94. The summed E-state index contributed by atoms with van der Waals surface area (Å²) in [5.41, 5.74) is 4.56. The van der Waals surface area contributed by atoms with Crippen molar-refractivity contribution >= 4 is 11.5 Å². The summed E-state index contributed by atoms with van der Waals surface area (Å²) in [6.07, 6.45) is 1.78. The minimum Gasteiger partial charge on any atom is -0.369 e. The fourth-order valence-electron chi connectivity index (χ4n) is 3.88. The fourth-order valence-corrected chi connectivity index (χ4v) is 3.88. The molecule has 3 nitrogen and oxygen atoms in total. The van der Waals surface area contributed by atoms with Crippen LogP contribution in [-0.4, -0.2) is 43.9 Å². The quantitative estimate of drug-likeness (QED) is 0.764. The number of carbonyl (C=O) groups is 1. The van der Waals surface area contributed by atoms with E-state index in [4.69, 9.17) is 0 Å². The summed E-state index contributed by atoms with van der Waals surface area (Å²) in [6.45, 7) is 6.59. The monoisotopic (exact) mass is 348 g/mol. The molecule has 136 valence electrons. The minimum absolute atomic E-state index is 0.197. The van der Waals surface area contributed by atoms with Gasteiger partial charge in [-0.3, -0.25) is 4.79 Å². The minimum atomic E-state index is 0.197. The SMILES string of the molecule is C[C@@H]1C[C@H]1c1ccc(CC(=O)c2ccc(N3CCN(C)CC3)cc2)cc1. The van der Waals surface area contributed by atoms with E-state index in [1.807, 2.05) is 12.1 Å². The molecule has 0 N–H and O–H groups in total. The predicted octanol–water partition coefficient (Wildman–Crippen LogP) is 3.99. The van der Waals surface area contributed by atoms with Crippen LogP contribution in [0.1, 0.15) is 40.7 Å². The van der Waals surface area contributed by atoms with E-state index < -0.39 is 0 Å². The van der Waals surface area contributed by atoms with Gasteiger partial charge in [-0.25, -0.2) is 0 Å². The van der Waals surface area contributed by atoms with Crippen LogP contribution in [-0.2, 0) is 6.42 Å². The van der Waals surface area contributed by atoms with Crippen molar-refractivity contribution in [2.75, 3.05) is 38.1 Å². The lowest BCUT2D eigenvalue weighted by Crippen LogP contribution is -2.44. The number of Topliss-reactive ketones (excluding diaryl/α,β-unsaturated/α-hetero) is 1. The number of anilines is 1. The lowest BCUT2D eigenvalue weighted by atomic mass is 10.0. The second-order valence-corrected chi connectivity index (χ2v) is 8.00. The first kappa shape index (κ1) is 17.3. The number of likely N-dealkylation sites (N-methyl/N-ethyl adjacent to an activating group) is 1. The normalized spacial score (nSPS) is 23.1. The summed E-state index contributed by atoms with van der Waals surface area (Å²) < 4.78 is 0. The molecule has 1 heterocycles. The second-order valence-electron chi connectivity index (χ2n) is 8.00. The molecule has 0 bridgehead atoms. The third kappa shape index (κ3) is 3.83. The van der Waals surface area contributed by atoms with Gasteiger partial charge >= 0.3 is 0 Å². The van der Waals surface area contributed by atoms with Gasteiger partial charge in [0.05, 0.1) is 0 Å². The Hall–Kier alpha value is -2.13. The molecule has 1 aliphatic carbocycles. The Kier molecular flexibility index (Phi) is 4.82. The van der Waals surface area contributed by atoms with Crippen LogP contribution in [0, 0.1) is 5.92 Å². The van der Waals surface area contributed by atoms with Gasteiger partial charge in [-0.05, 0) is 60.7 Å². The van der Waals surface area contributed by atoms with E-state index in [0.29, 0.717) is 6.42 Å². The van der Waals surface area contributed by atoms with Crippen molar-refractivity contribution in [2.45, 2.75) is 25.7 Å². The fraction of sp³-hybridized carbons (Fsp3) is 0.435. The molecule has 1 saturated heterocycles. The zero-order valence-electron chi connectivity index (χ0n) is 15.8. The topological polar surface area (TPSA) is 23.6 Å². The number of ketones is 1. The van der Waals surface area contributed by atoms with E-state index in [0.717, 1.165) is 49.1 Å². The summed E-state index contributed by atoms with van der Waals surface area (Å²) >= 11 is 0. The lowest BCUT2D eigenvalue weighted by molar-refractivity contribution is 0.0993. The number of carbonyl (C=O) groups excluding carboxylic acids is 1. The molecule has 26 heavy (non-hydrogen) atoms. The summed E-state index contributed by atoms with van der Waals surface area (Å²) in [5.74, 6) is 1.76. The highest BCUT2D eigenvalue weighted by Gasteiger charge is 2.33. The molecule has 2 atom stereocenters. The highest BCUT2D eigenvalue weighted by atomic mass is 16.1. The Labute approximate surface area is 156 Å². The van der Waals surface area contributed by atoms with Crippen LogP contribution in [0.5, 0.6) is 0 Å². The van der Waals surface area contributed by atoms with Crippen molar-refractivity contribution in [3.05, 3.63) is 65.2 Å². The highest BCUT2D eigenvalue weighted by Crippen LogP contribution is 2.46. The van der Waals surface area contributed by atoms with E-state index in [-0.39, 0.29) is 5.78 Å². The molecule has 2 aromatic rings. The molecular weight excluding hydrogens is 320 g/mol. The van der Waals surface area contributed by atoms with Crippen LogP contribution in [0.15, 0.2) is 48.5 Å². The molecule has 0 spiro atoms. The Bertz CT molecular complexity index is 758. The maximum absolute atomic E-state index is 12.6. The standard InChI is InChI=1S/C23H28N2O/c1-17-15-22(17)19-5-3-18(4-6-19)16-23(26)20-7-9-21(10-8-20)25-13-11-24(2)12-14-25/h3-10,17,22H,11-16H2,1-2H3/t17-,22-/m1/s1. The number of benzene rings is 2. The molecule has 1 saturated carbocycles. The number of hydrogen-bond donors (Lipinski definition) is 0. The van der Waals surface area contributed by atoms with Crippen LogP contribution in [0.2, 0.25) is 0 Å². The number of rotatable bonds is 5. The Balaban J connectivity index is 1.37. The van der Waals surface area contributed by atoms with Crippen LogP contribution >= 0.6 is 0 Å². The predicted molar refractivity (Wildman–Crippen MR) is 107 cm³/mol. The molecule has 0 radical (unpaired) electrons. The van der Waals surface area contributed by atoms with Crippen molar-refractivity contribution in [2.24, 2.45) is 5.92 Å². The first-order valence-corrected chi connectivity index (χ1v) is 9.76. The number of piperazine rings is 1. The first-order chi connectivity index (χ1) is 12.6.